The molecule has 0 spiro atoms. The van der Waals surface area contributed by atoms with E-state index in [1.165, 1.54) is 56.6 Å². The van der Waals surface area contributed by atoms with E-state index in [-0.39, 0.29) is 16.6 Å². The van der Waals surface area contributed by atoms with Gasteiger partial charge in [0, 0.05) is 54.3 Å². The van der Waals surface area contributed by atoms with Gasteiger partial charge in [0.15, 0.2) is 0 Å². The predicted octanol–water partition coefficient (Wildman–Crippen LogP) is 9.63. The normalized spacial score (nSPS) is 14.8. The summed E-state index contributed by atoms with van der Waals surface area (Å²) in [6.45, 7) is 5.48. The number of fused-ring (bicyclic) bond motifs is 5. The number of carboxylic acid groups (broad SMARTS) is 1. The molecule has 1 N–H and O–H groups in total. The second-order valence-electron chi connectivity index (χ2n) is 12.5. The Labute approximate surface area is 279 Å². The fourth-order valence-electron chi connectivity index (χ4n) is 6.97. The van der Waals surface area contributed by atoms with E-state index in [2.05, 4.69) is 67.3 Å². The summed E-state index contributed by atoms with van der Waals surface area (Å²) in [5, 5.41) is 19.1. The molecule has 0 amide bonds. The molecule has 6 aromatic rings. The molecule has 0 saturated heterocycles. The lowest BCUT2D eigenvalue weighted by atomic mass is 9.82. The van der Waals surface area contributed by atoms with Gasteiger partial charge in [-0.3, -0.25) is 0 Å². The highest BCUT2D eigenvalue weighted by Crippen LogP contribution is 2.50. The first kappa shape index (κ1) is 29.2. The minimum atomic E-state index is -1.25. The number of benzene rings is 3. The zero-order valence-corrected chi connectivity index (χ0v) is 27.3. The molecule has 0 fully saturated rings. The SMILES string of the molecule is CC1(C)c2ccccc2-c2ccc(N3CCCc4cc5cc(-c6ccc(-c7ccc(C=C(C#N)C(=O)O)s7)s6)c(=O)oc5cc43)cc21. The van der Waals surface area contributed by atoms with Crippen LogP contribution >= 0.6 is 22.7 Å². The molecule has 0 saturated carbocycles. The number of carbonyl (C=O) groups is 1. The van der Waals surface area contributed by atoms with Crippen LogP contribution in [0.4, 0.5) is 11.4 Å². The lowest BCUT2D eigenvalue weighted by Crippen LogP contribution is -2.25. The Morgan fingerprint density at radius 3 is 2.51 bits per heavy atom. The molecular formula is C39H28N2O4S2. The van der Waals surface area contributed by atoms with Crippen molar-refractivity contribution in [3.05, 3.63) is 122 Å². The molecule has 2 aliphatic rings. The van der Waals surface area contributed by atoms with Crippen LogP contribution in [0, 0.1) is 11.3 Å². The van der Waals surface area contributed by atoms with Crippen LogP contribution < -0.4 is 10.5 Å². The molecule has 0 atom stereocenters. The first-order chi connectivity index (χ1) is 22.7. The van der Waals surface area contributed by atoms with Crippen molar-refractivity contribution in [1.82, 2.24) is 0 Å². The van der Waals surface area contributed by atoms with Crippen LogP contribution in [-0.2, 0) is 16.6 Å². The van der Waals surface area contributed by atoms with Crippen LogP contribution in [0.3, 0.4) is 0 Å². The van der Waals surface area contributed by atoms with E-state index < -0.39 is 5.97 Å². The number of rotatable bonds is 5. The molecule has 1 aliphatic carbocycles. The van der Waals surface area contributed by atoms with Gasteiger partial charge < -0.3 is 14.4 Å². The van der Waals surface area contributed by atoms with Crippen molar-refractivity contribution in [3.63, 3.8) is 0 Å². The van der Waals surface area contributed by atoms with Crippen molar-refractivity contribution >= 4 is 57.1 Å². The molecule has 6 nitrogen and oxygen atoms in total. The number of nitriles is 1. The highest BCUT2D eigenvalue weighted by molar-refractivity contribution is 7.24. The molecule has 0 radical (unpaired) electrons. The van der Waals surface area contributed by atoms with Crippen LogP contribution in [0.15, 0.2) is 99.7 Å². The fraction of sp³-hybridized carbons (Fsp3) is 0.154. The maximum atomic E-state index is 13.4. The molecular weight excluding hydrogens is 625 g/mol. The summed E-state index contributed by atoms with van der Waals surface area (Å²) in [5.41, 5.74) is 9.04. The maximum absolute atomic E-state index is 13.4. The van der Waals surface area contributed by atoms with Crippen LogP contribution in [0.2, 0.25) is 0 Å². The predicted molar refractivity (Wildman–Crippen MR) is 190 cm³/mol. The minimum absolute atomic E-state index is 0.0844. The van der Waals surface area contributed by atoms with Gasteiger partial charge in [-0.25, -0.2) is 9.59 Å². The fourth-order valence-corrected chi connectivity index (χ4v) is 9.02. The zero-order valence-electron chi connectivity index (χ0n) is 25.7. The average molecular weight is 653 g/mol. The Kier molecular flexibility index (Phi) is 6.80. The maximum Gasteiger partial charge on any atom is 0.346 e. The third kappa shape index (κ3) is 4.82. The third-order valence-corrected chi connectivity index (χ3v) is 11.7. The van der Waals surface area contributed by atoms with E-state index >= 15 is 0 Å². The second-order valence-corrected chi connectivity index (χ2v) is 14.7. The summed E-state index contributed by atoms with van der Waals surface area (Å²) in [5.74, 6) is -1.25. The number of thiophene rings is 2. The average Bonchev–Trinajstić information content (AvgIpc) is 3.80. The Hall–Kier alpha value is -5.23. The van der Waals surface area contributed by atoms with Crippen LogP contribution in [0.5, 0.6) is 0 Å². The molecule has 1 aliphatic heterocycles. The van der Waals surface area contributed by atoms with Gasteiger partial charge in [-0.15, -0.1) is 22.7 Å². The highest BCUT2D eigenvalue weighted by Gasteiger charge is 2.36. The van der Waals surface area contributed by atoms with Gasteiger partial charge in [0.1, 0.15) is 17.2 Å². The molecule has 0 bridgehead atoms. The summed E-state index contributed by atoms with van der Waals surface area (Å²) in [6.07, 6.45) is 3.35. The van der Waals surface area contributed by atoms with Crippen LogP contribution in [0.25, 0.3) is 48.4 Å². The van der Waals surface area contributed by atoms with Gasteiger partial charge in [0.2, 0.25) is 0 Å². The molecule has 8 heteroatoms. The first-order valence-corrected chi connectivity index (χ1v) is 17.0. The van der Waals surface area contributed by atoms with E-state index in [0.717, 1.165) is 50.8 Å². The largest absolute Gasteiger partial charge is 0.477 e. The zero-order chi connectivity index (χ0) is 32.4. The summed E-state index contributed by atoms with van der Waals surface area (Å²) in [4.78, 5) is 30.3. The van der Waals surface area contributed by atoms with Crippen LogP contribution in [0.1, 0.15) is 41.8 Å². The van der Waals surface area contributed by atoms with E-state index in [4.69, 9.17) is 9.68 Å². The lowest BCUT2D eigenvalue weighted by Gasteiger charge is -2.32. The van der Waals surface area contributed by atoms with Gasteiger partial charge >= 0.3 is 11.6 Å². The van der Waals surface area contributed by atoms with Gasteiger partial charge in [0.05, 0.1) is 5.56 Å². The van der Waals surface area contributed by atoms with Crippen molar-refractivity contribution in [1.29, 1.82) is 5.26 Å². The van der Waals surface area contributed by atoms with Crippen molar-refractivity contribution in [2.75, 3.05) is 11.4 Å². The Morgan fingerprint density at radius 1 is 0.915 bits per heavy atom. The second kappa shape index (κ2) is 10.9. The Morgan fingerprint density at radius 2 is 1.68 bits per heavy atom. The van der Waals surface area contributed by atoms with E-state index in [1.807, 2.05) is 30.3 Å². The highest BCUT2D eigenvalue weighted by atomic mass is 32.1. The number of anilines is 2. The Balaban J connectivity index is 1.12. The minimum Gasteiger partial charge on any atom is -0.477 e. The number of aliphatic carboxylic acids is 1. The van der Waals surface area contributed by atoms with E-state index in [0.29, 0.717) is 16.0 Å². The summed E-state index contributed by atoms with van der Waals surface area (Å²) in [7, 11) is 0. The molecule has 3 aromatic heterocycles. The molecule has 8 rings (SSSR count). The van der Waals surface area contributed by atoms with Crippen molar-refractivity contribution in [2.45, 2.75) is 32.1 Å². The lowest BCUT2D eigenvalue weighted by molar-refractivity contribution is -0.132. The van der Waals surface area contributed by atoms with Crippen LogP contribution in [-0.4, -0.2) is 17.6 Å². The monoisotopic (exact) mass is 652 g/mol. The Bertz CT molecular complexity index is 2400. The number of carboxylic acids is 1. The summed E-state index contributed by atoms with van der Waals surface area (Å²) >= 11 is 2.87. The molecule has 4 heterocycles. The number of nitrogens with zero attached hydrogens (tertiary/aromatic N) is 2. The van der Waals surface area contributed by atoms with Gasteiger partial charge in [-0.05, 0) is 95.3 Å². The van der Waals surface area contributed by atoms with E-state index in [9.17, 15) is 14.7 Å². The van der Waals surface area contributed by atoms with Crippen molar-refractivity contribution in [3.8, 4) is 37.4 Å². The van der Waals surface area contributed by atoms with Gasteiger partial charge in [-0.1, -0.05) is 44.2 Å². The first-order valence-electron chi connectivity index (χ1n) is 15.4. The third-order valence-electron chi connectivity index (χ3n) is 9.31. The molecule has 0 unspecified atom stereocenters. The summed E-state index contributed by atoms with van der Waals surface area (Å²) < 4.78 is 5.98. The summed E-state index contributed by atoms with van der Waals surface area (Å²) in [6, 6.07) is 30.9. The number of hydrogen-bond acceptors (Lipinski definition) is 7. The van der Waals surface area contributed by atoms with Crippen molar-refractivity contribution < 1.29 is 14.3 Å². The molecule has 3 aromatic carbocycles. The van der Waals surface area contributed by atoms with Gasteiger partial charge in [-0.2, -0.15) is 5.26 Å². The van der Waals surface area contributed by atoms with E-state index in [1.54, 1.807) is 12.1 Å². The van der Waals surface area contributed by atoms with Crippen molar-refractivity contribution in [2.24, 2.45) is 0 Å². The molecule has 47 heavy (non-hydrogen) atoms. The van der Waals surface area contributed by atoms with Gasteiger partial charge in [0.25, 0.3) is 0 Å². The quantitative estimate of drug-likeness (QED) is 0.113. The number of aryl methyl sites for hydroxylation is 1. The topological polar surface area (TPSA) is 94.5 Å². The standard InChI is InChI=1S/C39H28N2O4S2/c1-39(2)30-8-4-3-7-27(30)28-11-9-25(19-31(28)39)41-15-5-6-22-16-23-18-29(38(44)45-33(23)20-32(22)41)34-13-14-36(47-34)35-12-10-26(46-35)17-24(21-40)37(42)43/h3-4,7-14,16-20H,5-6,15H2,1-2H3,(H,42,43). The smallest absolute Gasteiger partial charge is 0.346 e. The molecule has 230 valence electrons. The number of hydrogen-bond donors (Lipinski definition) is 1.